The fourth-order valence-corrected chi connectivity index (χ4v) is 0.517. The summed E-state index contributed by atoms with van der Waals surface area (Å²) in [5.41, 5.74) is 0. The molecule has 0 spiro atoms. The molecule has 0 atom stereocenters. The summed E-state index contributed by atoms with van der Waals surface area (Å²) >= 11 is 0. The largest absolute Gasteiger partial charge is 0.665 e. The Morgan fingerprint density at radius 2 is 1.67 bits per heavy atom. The molecule has 0 heterocycles. The van der Waals surface area contributed by atoms with Crippen molar-refractivity contribution in [3.8, 4) is 5.75 Å². The van der Waals surface area contributed by atoms with Crippen LogP contribution in [-0.2, 0) is 32.7 Å². The Kier molecular flexibility index (Phi) is 5.02. The topological polar surface area (TPSA) is 9.23 Å². The van der Waals surface area contributed by atoms with Crippen molar-refractivity contribution in [1.82, 2.24) is 0 Å². The van der Waals surface area contributed by atoms with Gasteiger partial charge in [-0.2, -0.15) is 7.11 Å². The van der Waals surface area contributed by atoms with Crippen molar-refractivity contribution >= 4 is 0 Å². The fourth-order valence-electron chi connectivity index (χ4n) is 0.517. The molecule has 9 heavy (non-hydrogen) atoms. The van der Waals surface area contributed by atoms with Gasteiger partial charge in [-0.25, -0.2) is 0 Å². The fraction of sp³-hybridized carbons (Fsp3) is 0. The van der Waals surface area contributed by atoms with Crippen molar-refractivity contribution in [3.05, 3.63) is 37.4 Å². The van der Waals surface area contributed by atoms with Crippen LogP contribution in [0.15, 0.2) is 30.3 Å². The molecule has 0 unspecified atom stereocenters. The van der Waals surface area contributed by atoms with Crippen molar-refractivity contribution < 1.29 is 37.4 Å². The van der Waals surface area contributed by atoms with Crippen molar-refractivity contribution in [3.63, 3.8) is 0 Å². The van der Waals surface area contributed by atoms with E-state index in [2.05, 4.69) is 11.8 Å². The van der Waals surface area contributed by atoms with E-state index in [0.717, 1.165) is 5.75 Å². The van der Waals surface area contributed by atoms with Crippen LogP contribution in [0.2, 0.25) is 0 Å². The Morgan fingerprint density at radius 1 is 1.11 bits per heavy atom. The quantitative estimate of drug-likeness (QED) is 0.623. The molecule has 0 bridgehead atoms. The molecule has 0 aromatic heterocycles. The van der Waals surface area contributed by atoms with Crippen LogP contribution < -0.4 is 4.74 Å². The Hall–Kier alpha value is 0.124. The van der Waals surface area contributed by atoms with Crippen LogP contribution in [0.1, 0.15) is 0 Å². The second-order valence-corrected chi connectivity index (χ2v) is 1.46. The third kappa shape index (κ3) is 2.97. The summed E-state index contributed by atoms with van der Waals surface area (Å²) in [7, 11) is 3.26. The molecule has 0 aliphatic heterocycles. The first-order chi connectivity index (χ1) is 3.93. The van der Waals surface area contributed by atoms with Gasteiger partial charge >= 0.3 is 0 Å². The molecular formula is C7H7OY-. The van der Waals surface area contributed by atoms with E-state index in [-0.39, 0.29) is 32.7 Å². The number of hydrogen-bond donors (Lipinski definition) is 0. The van der Waals surface area contributed by atoms with Crippen LogP contribution in [0.3, 0.4) is 0 Å². The summed E-state index contributed by atoms with van der Waals surface area (Å²) in [4.78, 5) is 0. The van der Waals surface area contributed by atoms with Crippen LogP contribution >= 0.6 is 0 Å². The van der Waals surface area contributed by atoms with E-state index < -0.39 is 0 Å². The molecular weight excluding hydrogens is 189 g/mol. The van der Waals surface area contributed by atoms with E-state index in [1.807, 2.05) is 30.3 Å². The summed E-state index contributed by atoms with van der Waals surface area (Å²) in [6.07, 6.45) is 0. The maximum atomic E-state index is 4.66. The van der Waals surface area contributed by atoms with Gasteiger partial charge in [-0.1, -0.05) is 18.2 Å². The number of hydrogen-bond acceptors (Lipinski definition) is 1. The SMILES string of the molecule is [CH2-]Oc1ccccc1.[Y]. The molecule has 0 fully saturated rings. The van der Waals surface area contributed by atoms with Gasteiger partial charge in [-0.15, -0.1) is 0 Å². The Morgan fingerprint density at radius 3 is 2.00 bits per heavy atom. The summed E-state index contributed by atoms with van der Waals surface area (Å²) < 4.78 is 4.66. The summed E-state index contributed by atoms with van der Waals surface area (Å²) in [5, 5.41) is 0. The molecule has 2 heteroatoms. The van der Waals surface area contributed by atoms with Crippen molar-refractivity contribution in [1.29, 1.82) is 0 Å². The molecule has 0 aliphatic rings. The minimum atomic E-state index is 0. The van der Waals surface area contributed by atoms with E-state index in [0.29, 0.717) is 0 Å². The molecule has 0 saturated carbocycles. The van der Waals surface area contributed by atoms with Crippen molar-refractivity contribution in [2.45, 2.75) is 0 Å². The van der Waals surface area contributed by atoms with Gasteiger partial charge in [-0.3, -0.25) is 0 Å². The van der Waals surface area contributed by atoms with Gasteiger partial charge in [-0.05, 0) is 12.1 Å². The molecule has 0 N–H and O–H groups in total. The van der Waals surface area contributed by atoms with Crippen LogP contribution in [0.25, 0.3) is 0 Å². The minimum absolute atomic E-state index is 0. The number of para-hydroxylation sites is 1. The second kappa shape index (κ2) is 4.95. The zero-order valence-electron chi connectivity index (χ0n) is 5.08. The van der Waals surface area contributed by atoms with E-state index >= 15 is 0 Å². The van der Waals surface area contributed by atoms with Gasteiger partial charge in [0.15, 0.2) is 0 Å². The molecule has 1 rings (SSSR count). The molecule has 0 amide bonds. The zero-order valence-corrected chi connectivity index (χ0v) is 7.92. The number of benzene rings is 1. The molecule has 0 aliphatic carbocycles. The Bertz CT molecular complexity index is 150. The molecule has 1 nitrogen and oxygen atoms in total. The zero-order chi connectivity index (χ0) is 5.82. The summed E-state index contributed by atoms with van der Waals surface area (Å²) in [6, 6.07) is 9.45. The molecule has 1 aromatic carbocycles. The van der Waals surface area contributed by atoms with Gasteiger partial charge in [0.1, 0.15) is 0 Å². The van der Waals surface area contributed by atoms with Gasteiger partial charge in [0.25, 0.3) is 0 Å². The predicted octanol–water partition coefficient (Wildman–Crippen LogP) is 1.85. The Labute approximate surface area is 80.3 Å². The first-order valence-electron chi connectivity index (χ1n) is 2.40. The normalized spacial score (nSPS) is 7.67. The van der Waals surface area contributed by atoms with E-state index in [1.54, 1.807) is 0 Å². The van der Waals surface area contributed by atoms with E-state index in [1.165, 1.54) is 0 Å². The van der Waals surface area contributed by atoms with Gasteiger partial charge in [0.2, 0.25) is 0 Å². The number of ether oxygens (including phenoxy) is 1. The van der Waals surface area contributed by atoms with Gasteiger partial charge in [0, 0.05) is 32.7 Å². The average molecular weight is 196 g/mol. The van der Waals surface area contributed by atoms with Crippen LogP contribution in [0.4, 0.5) is 0 Å². The minimum Gasteiger partial charge on any atom is -0.665 e. The summed E-state index contributed by atoms with van der Waals surface area (Å²) in [5.74, 6) is 0.799. The molecule has 0 saturated heterocycles. The van der Waals surface area contributed by atoms with E-state index in [9.17, 15) is 0 Å². The van der Waals surface area contributed by atoms with Crippen LogP contribution in [-0.4, -0.2) is 0 Å². The monoisotopic (exact) mass is 196 g/mol. The third-order valence-electron chi connectivity index (χ3n) is 0.910. The van der Waals surface area contributed by atoms with Crippen LogP contribution in [0.5, 0.6) is 5.75 Å². The second-order valence-electron chi connectivity index (χ2n) is 1.46. The molecule has 1 radical (unpaired) electrons. The third-order valence-corrected chi connectivity index (χ3v) is 0.910. The predicted molar refractivity (Wildman–Crippen MR) is 32.4 cm³/mol. The maximum Gasteiger partial charge on any atom is 0.0843 e. The maximum absolute atomic E-state index is 4.66. The van der Waals surface area contributed by atoms with Crippen molar-refractivity contribution in [2.75, 3.05) is 0 Å². The Balaban J connectivity index is 0.000000640. The molecule has 1 aromatic rings. The summed E-state index contributed by atoms with van der Waals surface area (Å²) in [6.45, 7) is 0. The van der Waals surface area contributed by atoms with Crippen LogP contribution in [0, 0.1) is 7.11 Å². The average Bonchev–Trinajstić information content (AvgIpc) is 1.90. The first-order valence-corrected chi connectivity index (χ1v) is 2.40. The standard InChI is InChI=1S/C7H7O.Y/c1-8-7-5-3-2-4-6-7;/h2-6H,1H2;/q-1;. The van der Waals surface area contributed by atoms with Gasteiger partial charge in [0.05, 0.1) is 5.75 Å². The number of rotatable bonds is 1. The van der Waals surface area contributed by atoms with Crippen molar-refractivity contribution in [2.24, 2.45) is 0 Å². The smallest absolute Gasteiger partial charge is 0.0843 e. The molecule has 45 valence electrons. The van der Waals surface area contributed by atoms with E-state index in [4.69, 9.17) is 0 Å². The van der Waals surface area contributed by atoms with Gasteiger partial charge < -0.3 is 4.74 Å². The first kappa shape index (κ1) is 9.12.